The molecule has 23 heavy (non-hydrogen) atoms. The summed E-state index contributed by atoms with van der Waals surface area (Å²) in [7, 11) is 1.58. The number of hydrogen-bond donors (Lipinski definition) is 0. The van der Waals surface area contributed by atoms with Crippen LogP contribution >= 0.6 is 0 Å². The Bertz CT molecular complexity index is 696. The Morgan fingerprint density at radius 1 is 1.22 bits per heavy atom. The van der Waals surface area contributed by atoms with Crippen molar-refractivity contribution in [2.75, 3.05) is 20.2 Å². The highest BCUT2D eigenvalue weighted by Gasteiger charge is 2.21. The van der Waals surface area contributed by atoms with Gasteiger partial charge in [-0.15, -0.1) is 0 Å². The molecular weight excluding hydrogens is 292 g/mol. The van der Waals surface area contributed by atoms with Crippen molar-refractivity contribution in [3.63, 3.8) is 0 Å². The van der Waals surface area contributed by atoms with E-state index < -0.39 is 0 Å². The van der Waals surface area contributed by atoms with Crippen molar-refractivity contribution in [3.8, 4) is 5.88 Å². The molecule has 1 aliphatic heterocycles. The van der Waals surface area contributed by atoms with Crippen LogP contribution < -0.4 is 4.74 Å². The standard InChI is InChI=1S/C18H18N2O3/c1-22-17-8-7-15(11-19-17)16-9-10-20(12-16)18(21)23-13-14-5-3-2-4-6-14/h2-9,11H,10,12-13H2,1H3. The van der Waals surface area contributed by atoms with Crippen LogP contribution in [0.3, 0.4) is 0 Å². The monoisotopic (exact) mass is 310 g/mol. The first-order valence-electron chi connectivity index (χ1n) is 7.41. The van der Waals surface area contributed by atoms with Gasteiger partial charge in [0.1, 0.15) is 6.61 Å². The lowest BCUT2D eigenvalue weighted by Crippen LogP contribution is -2.29. The summed E-state index contributed by atoms with van der Waals surface area (Å²) in [5.74, 6) is 0.575. The van der Waals surface area contributed by atoms with Crippen LogP contribution in [-0.4, -0.2) is 36.2 Å². The van der Waals surface area contributed by atoms with E-state index in [0.29, 0.717) is 19.0 Å². The van der Waals surface area contributed by atoms with Crippen molar-refractivity contribution in [1.29, 1.82) is 0 Å². The van der Waals surface area contributed by atoms with Crippen molar-refractivity contribution in [3.05, 3.63) is 65.9 Å². The summed E-state index contributed by atoms with van der Waals surface area (Å²) < 4.78 is 10.4. The highest BCUT2D eigenvalue weighted by atomic mass is 16.6. The third-order valence-corrected chi connectivity index (χ3v) is 3.70. The minimum Gasteiger partial charge on any atom is -0.481 e. The second kappa shape index (κ2) is 6.96. The fraction of sp³-hybridized carbons (Fsp3) is 0.222. The molecule has 1 aromatic heterocycles. The van der Waals surface area contributed by atoms with Crippen LogP contribution in [-0.2, 0) is 11.3 Å². The molecule has 5 nitrogen and oxygen atoms in total. The van der Waals surface area contributed by atoms with Crippen molar-refractivity contribution in [2.45, 2.75) is 6.61 Å². The highest BCUT2D eigenvalue weighted by molar-refractivity contribution is 5.77. The van der Waals surface area contributed by atoms with E-state index in [9.17, 15) is 4.79 Å². The molecule has 0 unspecified atom stereocenters. The minimum absolute atomic E-state index is 0.287. The molecule has 1 aromatic carbocycles. The lowest BCUT2D eigenvalue weighted by Gasteiger charge is -2.16. The number of carbonyl (C=O) groups excluding carboxylic acids is 1. The fourth-order valence-corrected chi connectivity index (χ4v) is 2.40. The largest absolute Gasteiger partial charge is 0.481 e. The fourth-order valence-electron chi connectivity index (χ4n) is 2.40. The van der Waals surface area contributed by atoms with Gasteiger partial charge in [0.2, 0.25) is 5.88 Å². The Hall–Kier alpha value is -2.82. The van der Waals surface area contributed by atoms with E-state index in [1.165, 1.54) is 0 Å². The maximum atomic E-state index is 12.1. The molecule has 0 saturated carbocycles. The summed E-state index contributed by atoms with van der Waals surface area (Å²) >= 11 is 0. The molecule has 2 heterocycles. The van der Waals surface area contributed by atoms with Crippen LogP contribution in [0.4, 0.5) is 4.79 Å². The molecule has 0 radical (unpaired) electrons. The molecule has 0 atom stereocenters. The second-order valence-corrected chi connectivity index (χ2v) is 5.24. The van der Waals surface area contributed by atoms with E-state index in [1.54, 1.807) is 18.2 Å². The number of hydrogen-bond acceptors (Lipinski definition) is 4. The van der Waals surface area contributed by atoms with E-state index in [-0.39, 0.29) is 12.7 Å². The Balaban J connectivity index is 1.54. The smallest absolute Gasteiger partial charge is 0.410 e. The Kier molecular flexibility index (Phi) is 4.57. The van der Waals surface area contributed by atoms with Gasteiger partial charge in [0.05, 0.1) is 7.11 Å². The lowest BCUT2D eigenvalue weighted by atomic mass is 10.1. The van der Waals surface area contributed by atoms with Gasteiger partial charge in [0.15, 0.2) is 0 Å². The van der Waals surface area contributed by atoms with Crippen LogP contribution in [0.2, 0.25) is 0 Å². The molecular formula is C18H18N2O3. The first-order valence-corrected chi connectivity index (χ1v) is 7.41. The molecule has 3 rings (SSSR count). The molecule has 5 heteroatoms. The predicted molar refractivity (Wildman–Crippen MR) is 87.0 cm³/mol. The zero-order valence-corrected chi connectivity index (χ0v) is 12.9. The first kappa shape index (κ1) is 15.1. The van der Waals surface area contributed by atoms with E-state index in [2.05, 4.69) is 4.98 Å². The molecule has 1 amide bonds. The number of carbonyl (C=O) groups is 1. The van der Waals surface area contributed by atoms with E-state index >= 15 is 0 Å². The number of benzene rings is 1. The predicted octanol–water partition coefficient (Wildman–Crippen LogP) is 3.13. The second-order valence-electron chi connectivity index (χ2n) is 5.24. The minimum atomic E-state index is -0.304. The van der Waals surface area contributed by atoms with Crippen LogP contribution in [0.5, 0.6) is 5.88 Å². The van der Waals surface area contributed by atoms with Gasteiger partial charge < -0.3 is 14.4 Å². The molecule has 0 aliphatic carbocycles. The van der Waals surface area contributed by atoms with Crippen molar-refractivity contribution in [1.82, 2.24) is 9.88 Å². The summed E-state index contributed by atoms with van der Waals surface area (Å²) in [6.45, 7) is 1.37. The van der Waals surface area contributed by atoms with E-state index in [0.717, 1.165) is 16.7 Å². The number of nitrogens with zero attached hydrogens (tertiary/aromatic N) is 2. The van der Waals surface area contributed by atoms with Crippen molar-refractivity contribution < 1.29 is 14.3 Å². The van der Waals surface area contributed by atoms with E-state index in [1.807, 2.05) is 48.5 Å². The molecule has 118 valence electrons. The van der Waals surface area contributed by atoms with Crippen molar-refractivity contribution in [2.24, 2.45) is 0 Å². The number of pyridine rings is 1. The number of rotatable bonds is 4. The van der Waals surface area contributed by atoms with Gasteiger partial charge in [-0.05, 0) is 22.8 Å². The molecule has 1 aliphatic rings. The maximum absolute atomic E-state index is 12.1. The van der Waals surface area contributed by atoms with E-state index in [4.69, 9.17) is 9.47 Å². The molecule has 0 N–H and O–H groups in total. The molecule has 0 saturated heterocycles. The maximum Gasteiger partial charge on any atom is 0.410 e. The Morgan fingerprint density at radius 2 is 2.04 bits per heavy atom. The highest BCUT2D eigenvalue weighted by Crippen LogP contribution is 2.22. The number of amides is 1. The van der Waals surface area contributed by atoms with Gasteiger partial charge in [0, 0.05) is 25.4 Å². The lowest BCUT2D eigenvalue weighted by molar-refractivity contribution is 0.106. The van der Waals surface area contributed by atoms with Crippen LogP contribution in [0, 0.1) is 0 Å². The average Bonchev–Trinajstić information content (AvgIpc) is 3.11. The summed E-state index contributed by atoms with van der Waals surface area (Å²) in [5, 5.41) is 0. The first-order chi connectivity index (χ1) is 11.3. The Morgan fingerprint density at radius 3 is 2.74 bits per heavy atom. The number of methoxy groups -OCH3 is 1. The molecule has 2 aromatic rings. The zero-order valence-electron chi connectivity index (χ0n) is 12.9. The summed E-state index contributed by atoms with van der Waals surface area (Å²) in [6.07, 6.45) is 3.47. The van der Waals surface area contributed by atoms with Gasteiger partial charge in [0.25, 0.3) is 0 Å². The number of ether oxygens (including phenoxy) is 2. The van der Waals surface area contributed by atoms with Gasteiger partial charge in [-0.3, -0.25) is 0 Å². The number of aromatic nitrogens is 1. The quantitative estimate of drug-likeness (QED) is 0.870. The normalized spacial score (nSPS) is 13.6. The van der Waals surface area contributed by atoms with Crippen molar-refractivity contribution >= 4 is 11.7 Å². The average molecular weight is 310 g/mol. The topological polar surface area (TPSA) is 51.7 Å². The zero-order chi connectivity index (χ0) is 16.1. The summed E-state index contributed by atoms with van der Waals surface area (Å²) in [5.41, 5.74) is 3.04. The van der Waals surface area contributed by atoms with Gasteiger partial charge in [-0.2, -0.15) is 0 Å². The van der Waals surface area contributed by atoms with Crippen LogP contribution in [0.1, 0.15) is 11.1 Å². The van der Waals surface area contributed by atoms with Gasteiger partial charge in [-0.1, -0.05) is 36.4 Å². The summed E-state index contributed by atoms with van der Waals surface area (Å²) in [4.78, 5) is 18.0. The molecule has 0 fully saturated rings. The Labute approximate surface area is 135 Å². The van der Waals surface area contributed by atoms with Crippen LogP contribution in [0.25, 0.3) is 5.57 Å². The van der Waals surface area contributed by atoms with Gasteiger partial charge in [-0.25, -0.2) is 9.78 Å². The third-order valence-electron chi connectivity index (χ3n) is 3.70. The van der Waals surface area contributed by atoms with Crippen LogP contribution in [0.15, 0.2) is 54.7 Å². The molecule has 0 spiro atoms. The van der Waals surface area contributed by atoms with Gasteiger partial charge >= 0.3 is 6.09 Å². The SMILES string of the molecule is COc1ccc(C2=CCN(C(=O)OCc3ccccc3)C2)cn1. The summed E-state index contributed by atoms with van der Waals surface area (Å²) in [6, 6.07) is 13.4. The third kappa shape index (κ3) is 3.69. The molecule has 0 bridgehead atoms.